The Morgan fingerprint density at radius 2 is 1.76 bits per heavy atom. The molecular weight excluding hydrogens is 208 g/mol. The molecule has 1 aliphatic rings. The van der Waals surface area contributed by atoms with Gasteiger partial charge in [-0.25, -0.2) is 4.98 Å². The van der Waals surface area contributed by atoms with Crippen molar-refractivity contribution in [3.8, 4) is 0 Å². The molecule has 0 radical (unpaired) electrons. The number of aromatic nitrogens is 2. The molecule has 1 heterocycles. The van der Waals surface area contributed by atoms with Gasteiger partial charge < -0.3 is 4.57 Å². The van der Waals surface area contributed by atoms with E-state index in [4.69, 9.17) is 0 Å². The van der Waals surface area contributed by atoms with Crippen molar-refractivity contribution < 1.29 is 0 Å². The number of imidazole rings is 1. The first-order valence-electron chi connectivity index (χ1n) is 6.65. The third kappa shape index (κ3) is 1.97. The van der Waals surface area contributed by atoms with Gasteiger partial charge in [-0.15, -0.1) is 0 Å². The van der Waals surface area contributed by atoms with E-state index in [2.05, 4.69) is 47.7 Å². The molecule has 1 aromatic carbocycles. The molecule has 3 rings (SSSR count). The van der Waals surface area contributed by atoms with Crippen LogP contribution in [0.3, 0.4) is 0 Å². The second-order valence-corrected chi connectivity index (χ2v) is 5.71. The van der Waals surface area contributed by atoms with Gasteiger partial charge in [0, 0.05) is 6.04 Å². The van der Waals surface area contributed by atoms with Gasteiger partial charge in [0.2, 0.25) is 0 Å². The fourth-order valence-corrected chi connectivity index (χ4v) is 3.40. The molecule has 1 aromatic heterocycles. The van der Waals surface area contributed by atoms with Gasteiger partial charge in [0.25, 0.3) is 0 Å². The Morgan fingerprint density at radius 1 is 1.06 bits per heavy atom. The number of hydrogen-bond acceptors (Lipinski definition) is 1. The van der Waals surface area contributed by atoms with Gasteiger partial charge in [0.15, 0.2) is 0 Å². The van der Waals surface area contributed by atoms with Crippen LogP contribution in [-0.4, -0.2) is 9.55 Å². The molecule has 0 amide bonds. The molecule has 0 saturated heterocycles. The molecule has 1 fully saturated rings. The molecule has 0 aliphatic heterocycles. The number of hydrogen-bond donors (Lipinski definition) is 0. The summed E-state index contributed by atoms with van der Waals surface area (Å²) in [6.07, 6.45) is 6.00. The summed E-state index contributed by atoms with van der Waals surface area (Å²) in [6.45, 7) is 4.75. The van der Waals surface area contributed by atoms with E-state index in [1.807, 2.05) is 6.33 Å². The van der Waals surface area contributed by atoms with Gasteiger partial charge in [-0.05, 0) is 43.2 Å². The lowest BCUT2D eigenvalue weighted by Gasteiger charge is -2.32. The van der Waals surface area contributed by atoms with Crippen LogP contribution in [0.5, 0.6) is 0 Å². The number of fused-ring (bicyclic) bond motifs is 1. The number of benzene rings is 1. The first kappa shape index (κ1) is 10.8. The molecule has 90 valence electrons. The van der Waals surface area contributed by atoms with Gasteiger partial charge in [-0.2, -0.15) is 0 Å². The minimum atomic E-state index is 0.640. The lowest BCUT2D eigenvalue weighted by molar-refractivity contribution is 0.224. The van der Waals surface area contributed by atoms with Gasteiger partial charge in [-0.1, -0.05) is 26.0 Å². The molecule has 2 atom stereocenters. The molecule has 2 aromatic rings. The van der Waals surface area contributed by atoms with Crippen molar-refractivity contribution in [2.75, 3.05) is 0 Å². The molecule has 0 N–H and O–H groups in total. The summed E-state index contributed by atoms with van der Waals surface area (Å²) in [4.78, 5) is 4.51. The maximum absolute atomic E-state index is 4.51. The SMILES string of the molecule is CC1CC(C)CC(n2cnc3ccccc32)C1. The van der Waals surface area contributed by atoms with Crippen LogP contribution in [0.2, 0.25) is 0 Å². The summed E-state index contributed by atoms with van der Waals surface area (Å²) in [7, 11) is 0. The Hall–Kier alpha value is -1.31. The van der Waals surface area contributed by atoms with Crippen LogP contribution >= 0.6 is 0 Å². The van der Waals surface area contributed by atoms with Crippen molar-refractivity contribution in [2.24, 2.45) is 11.8 Å². The molecule has 1 saturated carbocycles. The third-order valence-corrected chi connectivity index (χ3v) is 4.03. The zero-order valence-corrected chi connectivity index (χ0v) is 10.6. The summed E-state index contributed by atoms with van der Waals surface area (Å²) < 4.78 is 2.39. The standard InChI is InChI=1S/C15H20N2/c1-11-7-12(2)9-13(8-11)17-10-16-14-5-3-4-6-15(14)17/h3-6,10-13H,7-9H2,1-2H3. The van der Waals surface area contributed by atoms with Crippen LogP contribution < -0.4 is 0 Å². The van der Waals surface area contributed by atoms with Crippen LogP contribution in [-0.2, 0) is 0 Å². The maximum Gasteiger partial charge on any atom is 0.0960 e. The van der Waals surface area contributed by atoms with Crippen molar-refractivity contribution in [3.63, 3.8) is 0 Å². The monoisotopic (exact) mass is 228 g/mol. The van der Waals surface area contributed by atoms with Crippen LogP contribution in [0, 0.1) is 11.8 Å². The van der Waals surface area contributed by atoms with Gasteiger partial charge in [0.05, 0.1) is 17.4 Å². The van der Waals surface area contributed by atoms with E-state index in [1.54, 1.807) is 0 Å². The average molecular weight is 228 g/mol. The number of nitrogens with zero attached hydrogens (tertiary/aromatic N) is 2. The molecule has 2 unspecified atom stereocenters. The molecule has 0 bridgehead atoms. The zero-order valence-electron chi connectivity index (χ0n) is 10.6. The summed E-state index contributed by atoms with van der Waals surface area (Å²) in [5.74, 6) is 1.68. The quantitative estimate of drug-likeness (QED) is 0.720. The molecule has 2 heteroatoms. The summed E-state index contributed by atoms with van der Waals surface area (Å²) in [5, 5.41) is 0. The summed E-state index contributed by atoms with van der Waals surface area (Å²) >= 11 is 0. The van der Waals surface area contributed by atoms with Crippen molar-refractivity contribution >= 4 is 11.0 Å². The highest BCUT2D eigenvalue weighted by atomic mass is 15.1. The van der Waals surface area contributed by atoms with E-state index in [0.29, 0.717) is 6.04 Å². The highest BCUT2D eigenvalue weighted by Gasteiger charge is 2.25. The largest absolute Gasteiger partial charge is 0.327 e. The van der Waals surface area contributed by atoms with Gasteiger partial charge >= 0.3 is 0 Å². The average Bonchev–Trinajstić information content (AvgIpc) is 2.71. The Labute approximate surface area is 103 Å². The van der Waals surface area contributed by atoms with Crippen LogP contribution in [0.1, 0.15) is 39.2 Å². The zero-order chi connectivity index (χ0) is 11.8. The first-order chi connectivity index (χ1) is 8.24. The van der Waals surface area contributed by atoms with Crippen LogP contribution in [0.15, 0.2) is 30.6 Å². The minimum absolute atomic E-state index is 0.640. The van der Waals surface area contributed by atoms with E-state index in [1.165, 1.54) is 24.8 Å². The topological polar surface area (TPSA) is 17.8 Å². The highest BCUT2D eigenvalue weighted by Crippen LogP contribution is 2.37. The van der Waals surface area contributed by atoms with E-state index in [9.17, 15) is 0 Å². The second-order valence-electron chi connectivity index (χ2n) is 5.71. The number of para-hydroxylation sites is 2. The fraction of sp³-hybridized carbons (Fsp3) is 0.533. The first-order valence-corrected chi connectivity index (χ1v) is 6.65. The Morgan fingerprint density at radius 3 is 2.53 bits per heavy atom. The van der Waals surface area contributed by atoms with Crippen molar-refractivity contribution in [3.05, 3.63) is 30.6 Å². The van der Waals surface area contributed by atoms with Crippen molar-refractivity contribution in [1.29, 1.82) is 0 Å². The summed E-state index contributed by atoms with van der Waals surface area (Å²) in [6, 6.07) is 9.09. The Bertz CT molecular complexity index is 504. The van der Waals surface area contributed by atoms with E-state index >= 15 is 0 Å². The Kier molecular flexibility index (Phi) is 2.65. The highest BCUT2D eigenvalue weighted by molar-refractivity contribution is 5.75. The maximum atomic E-state index is 4.51. The minimum Gasteiger partial charge on any atom is -0.327 e. The predicted molar refractivity (Wildman–Crippen MR) is 70.9 cm³/mol. The molecule has 17 heavy (non-hydrogen) atoms. The molecular formula is C15H20N2. The van der Waals surface area contributed by atoms with Crippen molar-refractivity contribution in [2.45, 2.75) is 39.2 Å². The van der Waals surface area contributed by atoms with Gasteiger partial charge in [-0.3, -0.25) is 0 Å². The smallest absolute Gasteiger partial charge is 0.0960 e. The lowest BCUT2D eigenvalue weighted by Crippen LogP contribution is -2.22. The lowest BCUT2D eigenvalue weighted by atomic mass is 9.80. The van der Waals surface area contributed by atoms with E-state index < -0.39 is 0 Å². The second kappa shape index (κ2) is 4.17. The molecule has 2 nitrogen and oxygen atoms in total. The Balaban J connectivity index is 1.98. The van der Waals surface area contributed by atoms with Crippen molar-refractivity contribution in [1.82, 2.24) is 9.55 Å². The van der Waals surface area contributed by atoms with Crippen LogP contribution in [0.25, 0.3) is 11.0 Å². The van der Waals surface area contributed by atoms with E-state index in [0.717, 1.165) is 17.4 Å². The normalized spacial score (nSPS) is 29.6. The molecule has 0 spiro atoms. The fourth-order valence-electron chi connectivity index (χ4n) is 3.40. The predicted octanol–water partition coefficient (Wildman–Crippen LogP) is 4.03. The third-order valence-electron chi connectivity index (χ3n) is 4.03. The summed E-state index contributed by atoms with van der Waals surface area (Å²) in [5.41, 5.74) is 2.41. The number of rotatable bonds is 1. The van der Waals surface area contributed by atoms with Crippen LogP contribution in [0.4, 0.5) is 0 Å². The molecule has 1 aliphatic carbocycles. The van der Waals surface area contributed by atoms with E-state index in [-0.39, 0.29) is 0 Å². The van der Waals surface area contributed by atoms with Gasteiger partial charge in [0.1, 0.15) is 0 Å².